The molecule has 3 rings (SSSR count). The zero-order valence-corrected chi connectivity index (χ0v) is 13.8. The molecule has 0 fully saturated rings. The maximum absolute atomic E-state index is 5.84. The van der Waals surface area contributed by atoms with Crippen molar-refractivity contribution in [3.8, 4) is 0 Å². The number of halogens is 1. The van der Waals surface area contributed by atoms with Crippen molar-refractivity contribution in [2.45, 2.75) is 26.4 Å². The van der Waals surface area contributed by atoms with Gasteiger partial charge in [0.2, 0.25) is 0 Å². The molecule has 0 unspecified atom stereocenters. The molecule has 0 aliphatic carbocycles. The molecule has 0 saturated heterocycles. The lowest BCUT2D eigenvalue weighted by atomic mass is 10.2. The summed E-state index contributed by atoms with van der Waals surface area (Å²) < 4.78 is 5.15. The Hall–Kier alpha value is -1.66. The molecule has 0 bridgehead atoms. The van der Waals surface area contributed by atoms with Crippen LogP contribution in [0, 0.1) is 0 Å². The van der Waals surface area contributed by atoms with Gasteiger partial charge in [0.05, 0.1) is 22.4 Å². The number of rotatable bonds is 4. The van der Waals surface area contributed by atoms with Crippen LogP contribution in [-0.4, -0.2) is 19.3 Å². The first-order valence-corrected chi connectivity index (χ1v) is 7.78. The Kier molecular flexibility index (Phi) is 3.82. The van der Waals surface area contributed by atoms with Gasteiger partial charge in [0, 0.05) is 31.4 Å². The number of hydrogen-bond donors (Lipinski definition) is 1. The zero-order chi connectivity index (χ0) is 15.0. The van der Waals surface area contributed by atoms with Crippen LogP contribution in [0.4, 0.5) is 0 Å². The second kappa shape index (κ2) is 5.61. The van der Waals surface area contributed by atoms with Gasteiger partial charge in [0.1, 0.15) is 5.65 Å². The minimum Gasteiger partial charge on any atom is -0.326 e. The predicted molar refractivity (Wildman–Crippen MR) is 87.0 cm³/mol. The molecule has 0 spiro atoms. The molecule has 110 valence electrons. The van der Waals surface area contributed by atoms with Crippen molar-refractivity contribution >= 4 is 27.0 Å². The van der Waals surface area contributed by atoms with Crippen molar-refractivity contribution in [3.05, 3.63) is 46.0 Å². The monoisotopic (exact) mass is 347 g/mol. The molecule has 3 heterocycles. The largest absolute Gasteiger partial charge is 0.326 e. The normalized spacial score (nSPS) is 11.4. The van der Waals surface area contributed by atoms with Crippen molar-refractivity contribution in [2.24, 2.45) is 12.8 Å². The van der Waals surface area contributed by atoms with Gasteiger partial charge in [-0.2, -0.15) is 5.10 Å². The van der Waals surface area contributed by atoms with E-state index in [1.54, 1.807) is 0 Å². The highest BCUT2D eigenvalue weighted by molar-refractivity contribution is 9.10. The standard InChI is InChI=1S/C15H18BrN5/c1-3-12-14(16)13(20(2)19-12)9-21-8-10(7-17)11-5-4-6-18-15(11)21/h4-6,8H,3,7,9,17H2,1-2H3. The highest BCUT2D eigenvalue weighted by atomic mass is 79.9. The second-order valence-corrected chi connectivity index (χ2v) is 5.84. The number of aryl methyl sites for hydroxylation is 2. The average Bonchev–Trinajstić information content (AvgIpc) is 2.99. The Labute approximate surface area is 131 Å². The van der Waals surface area contributed by atoms with E-state index < -0.39 is 0 Å². The quantitative estimate of drug-likeness (QED) is 0.788. The summed E-state index contributed by atoms with van der Waals surface area (Å²) in [5.74, 6) is 0. The van der Waals surface area contributed by atoms with Gasteiger partial charge >= 0.3 is 0 Å². The van der Waals surface area contributed by atoms with Crippen LogP contribution in [-0.2, 0) is 26.6 Å². The molecule has 0 aliphatic heterocycles. The lowest BCUT2D eigenvalue weighted by Gasteiger charge is -2.06. The molecule has 0 amide bonds. The Morgan fingerprint density at radius 3 is 2.86 bits per heavy atom. The van der Waals surface area contributed by atoms with Gasteiger partial charge in [-0.3, -0.25) is 4.68 Å². The van der Waals surface area contributed by atoms with Crippen LogP contribution in [0.5, 0.6) is 0 Å². The second-order valence-electron chi connectivity index (χ2n) is 5.05. The molecular formula is C15H18BrN5. The van der Waals surface area contributed by atoms with Crippen LogP contribution in [0.25, 0.3) is 11.0 Å². The topological polar surface area (TPSA) is 61.7 Å². The van der Waals surface area contributed by atoms with E-state index in [2.05, 4.69) is 49.8 Å². The molecule has 3 aromatic rings. The fourth-order valence-electron chi connectivity index (χ4n) is 2.63. The van der Waals surface area contributed by atoms with Gasteiger partial charge in [-0.05, 0) is 40.0 Å². The molecule has 6 heteroatoms. The number of fused-ring (bicyclic) bond motifs is 1. The van der Waals surface area contributed by atoms with Crippen LogP contribution >= 0.6 is 15.9 Å². The van der Waals surface area contributed by atoms with Crippen molar-refractivity contribution in [2.75, 3.05) is 0 Å². The third-order valence-corrected chi connectivity index (χ3v) is 4.67. The summed E-state index contributed by atoms with van der Waals surface area (Å²) in [6.07, 6.45) is 4.81. The van der Waals surface area contributed by atoms with Crippen LogP contribution in [0.2, 0.25) is 0 Å². The minimum absolute atomic E-state index is 0.516. The lowest BCUT2D eigenvalue weighted by molar-refractivity contribution is 0.666. The van der Waals surface area contributed by atoms with E-state index in [-0.39, 0.29) is 0 Å². The number of aromatic nitrogens is 4. The molecule has 0 aliphatic rings. The zero-order valence-electron chi connectivity index (χ0n) is 12.2. The van der Waals surface area contributed by atoms with Gasteiger partial charge in [0.25, 0.3) is 0 Å². The molecule has 0 aromatic carbocycles. The molecule has 5 nitrogen and oxygen atoms in total. The molecule has 0 atom stereocenters. The maximum atomic E-state index is 5.84. The van der Waals surface area contributed by atoms with Crippen molar-refractivity contribution in [1.29, 1.82) is 0 Å². The van der Waals surface area contributed by atoms with Gasteiger partial charge < -0.3 is 10.3 Å². The van der Waals surface area contributed by atoms with E-state index in [1.165, 1.54) is 0 Å². The van der Waals surface area contributed by atoms with Crippen LogP contribution in [0.15, 0.2) is 29.0 Å². The van der Waals surface area contributed by atoms with E-state index >= 15 is 0 Å². The maximum Gasteiger partial charge on any atom is 0.140 e. The minimum atomic E-state index is 0.516. The van der Waals surface area contributed by atoms with Crippen LogP contribution < -0.4 is 5.73 Å². The van der Waals surface area contributed by atoms with Gasteiger partial charge in [-0.25, -0.2) is 4.98 Å². The molecule has 3 aromatic heterocycles. The molecule has 0 saturated carbocycles. The predicted octanol–water partition coefficient (Wildman–Crippen LogP) is 2.60. The molecule has 21 heavy (non-hydrogen) atoms. The fraction of sp³-hybridized carbons (Fsp3) is 0.333. The first kappa shape index (κ1) is 14.3. The van der Waals surface area contributed by atoms with E-state index in [0.717, 1.165) is 45.4 Å². The van der Waals surface area contributed by atoms with Crippen molar-refractivity contribution in [1.82, 2.24) is 19.3 Å². The van der Waals surface area contributed by atoms with E-state index in [4.69, 9.17) is 5.73 Å². The van der Waals surface area contributed by atoms with E-state index in [1.807, 2.05) is 24.0 Å². The van der Waals surface area contributed by atoms with Gasteiger partial charge in [-0.1, -0.05) is 6.92 Å². The average molecular weight is 348 g/mol. The Balaban J connectivity index is 2.08. The number of hydrogen-bond acceptors (Lipinski definition) is 3. The summed E-state index contributed by atoms with van der Waals surface area (Å²) in [5, 5.41) is 5.66. The summed E-state index contributed by atoms with van der Waals surface area (Å²) in [6, 6.07) is 4.01. The Morgan fingerprint density at radius 2 is 2.19 bits per heavy atom. The fourth-order valence-corrected chi connectivity index (χ4v) is 3.37. The number of pyridine rings is 1. The van der Waals surface area contributed by atoms with Gasteiger partial charge in [0.15, 0.2) is 0 Å². The summed E-state index contributed by atoms with van der Waals surface area (Å²) >= 11 is 3.67. The summed E-state index contributed by atoms with van der Waals surface area (Å²) in [6.45, 7) is 3.34. The summed E-state index contributed by atoms with van der Waals surface area (Å²) in [5.41, 5.74) is 10.1. The Morgan fingerprint density at radius 1 is 1.38 bits per heavy atom. The third kappa shape index (κ3) is 2.38. The Bertz CT molecular complexity index is 787. The smallest absolute Gasteiger partial charge is 0.140 e. The van der Waals surface area contributed by atoms with E-state index in [0.29, 0.717) is 6.54 Å². The third-order valence-electron chi connectivity index (χ3n) is 3.76. The first-order valence-electron chi connectivity index (χ1n) is 6.98. The summed E-state index contributed by atoms with van der Waals surface area (Å²) in [4.78, 5) is 4.49. The van der Waals surface area contributed by atoms with E-state index in [9.17, 15) is 0 Å². The molecule has 2 N–H and O–H groups in total. The van der Waals surface area contributed by atoms with Gasteiger partial charge in [-0.15, -0.1) is 0 Å². The molecular weight excluding hydrogens is 330 g/mol. The van der Waals surface area contributed by atoms with Crippen molar-refractivity contribution < 1.29 is 0 Å². The van der Waals surface area contributed by atoms with Crippen molar-refractivity contribution in [3.63, 3.8) is 0 Å². The highest BCUT2D eigenvalue weighted by Gasteiger charge is 2.15. The number of nitrogens with two attached hydrogens (primary N) is 1. The number of nitrogens with zero attached hydrogens (tertiary/aromatic N) is 4. The lowest BCUT2D eigenvalue weighted by Crippen LogP contribution is -2.06. The summed E-state index contributed by atoms with van der Waals surface area (Å²) in [7, 11) is 1.97. The SMILES string of the molecule is CCc1nn(C)c(Cn2cc(CN)c3cccnc32)c1Br. The van der Waals surface area contributed by atoms with Crippen LogP contribution in [0.3, 0.4) is 0 Å². The van der Waals surface area contributed by atoms with Crippen LogP contribution in [0.1, 0.15) is 23.9 Å². The first-order chi connectivity index (χ1) is 10.2. The molecule has 0 radical (unpaired) electrons. The highest BCUT2D eigenvalue weighted by Crippen LogP contribution is 2.25.